The van der Waals surface area contributed by atoms with Crippen LogP contribution in [0.15, 0.2) is 60.7 Å². The maximum Gasteiger partial charge on any atom is 0.128 e. The Balaban J connectivity index is 1.81. The third-order valence-electron chi connectivity index (χ3n) is 5.63. The molecule has 0 spiro atoms. The molecule has 2 nitrogen and oxygen atoms in total. The van der Waals surface area contributed by atoms with Crippen LogP contribution in [0.25, 0.3) is 0 Å². The molecule has 2 heteroatoms. The van der Waals surface area contributed by atoms with Gasteiger partial charge in [0, 0.05) is 5.56 Å². The lowest BCUT2D eigenvalue weighted by Gasteiger charge is -2.23. The molecule has 138 valence electrons. The van der Waals surface area contributed by atoms with E-state index in [1.54, 1.807) is 7.11 Å². The van der Waals surface area contributed by atoms with Crippen molar-refractivity contribution in [3.8, 4) is 5.75 Å². The lowest BCUT2D eigenvalue weighted by molar-refractivity contribution is 0.213. The molecule has 4 bridgehead atoms. The van der Waals surface area contributed by atoms with Gasteiger partial charge in [-0.15, -0.1) is 0 Å². The first-order valence-electron chi connectivity index (χ1n) is 9.67. The summed E-state index contributed by atoms with van der Waals surface area (Å²) in [6, 6.07) is 21.4. The molecular weight excluding hydrogens is 332 g/mol. The summed E-state index contributed by atoms with van der Waals surface area (Å²) < 4.78 is 5.85. The summed E-state index contributed by atoms with van der Waals surface area (Å²) in [5.74, 6) is 0.843. The van der Waals surface area contributed by atoms with Crippen LogP contribution in [0.2, 0.25) is 0 Å². The van der Waals surface area contributed by atoms with Crippen molar-refractivity contribution >= 4 is 0 Å². The van der Waals surface area contributed by atoms with Crippen molar-refractivity contribution in [2.75, 3.05) is 7.11 Å². The number of rotatable bonds is 3. The Morgan fingerprint density at radius 1 is 0.741 bits per heavy atom. The van der Waals surface area contributed by atoms with Crippen LogP contribution in [0.1, 0.15) is 45.0 Å². The van der Waals surface area contributed by atoms with E-state index in [1.165, 1.54) is 16.7 Å². The van der Waals surface area contributed by atoms with Crippen molar-refractivity contribution in [2.45, 2.75) is 38.7 Å². The summed E-state index contributed by atoms with van der Waals surface area (Å²) in [6.45, 7) is 2.06. The molecule has 0 saturated heterocycles. The maximum atomic E-state index is 11.3. The molecule has 0 heterocycles. The largest absolute Gasteiger partial charge is 0.496 e. The van der Waals surface area contributed by atoms with Gasteiger partial charge in [-0.05, 0) is 60.4 Å². The van der Waals surface area contributed by atoms with Crippen LogP contribution in [-0.4, -0.2) is 12.2 Å². The zero-order chi connectivity index (χ0) is 18.8. The van der Waals surface area contributed by atoms with Crippen molar-refractivity contribution < 1.29 is 9.84 Å². The van der Waals surface area contributed by atoms with Gasteiger partial charge in [0.05, 0.1) is 7.11 Å². The third-order valence-corrected chi connectivity index (χ3v) is 5.63. The van der Waals surface area contributed by atoms with Crippen LogP contribution in [-0.2, 0) is 25.7 Å². The monoisotopic (exact) mass is 358 g/mol. The van der Waals surface area contributed by atoms with Gasteiger partial charge in [-0.3, -0.25) is 0 Å². The number of benzene rings is 3. The molecule has 3 aromatic carbocycles. The van der Waals surface area contributed by atoms with Gasteiger partial charge < -0.3 is 9.84 Å². The van der Waals surface area contributed by atoms with Gasteiger partial charge in [-0.1, -0.05) is 66.2 Å². The number of aliphatic hydroxyl groups is 1. The second kappa shape index (κ2) is 7.58. The molecule has 1 N–H and O–H groups in total. The number of aryl methyl sites for hydroxylation is 5. The van der Waals surface area contributed by atoms with Gasteiger partial charge >= 0.3 is 0 Å². The van der Waals surface area contributed by atoms with Crippen molar-refractivity contribution in [2.24, 2.45) is 0 Å². The fraction of sp³-hybridized carbons (Fsp3) is 0.280. The Bertz CT molecular complexity index is 924. The fourth-order valence-electron chi connectivity index (χ4n) is 3.99. The van der Waals surface area contributed by atoms with E-state index in [1.807, 2.05) is 24.3 Å². The van der Waals surface area contributed by atoms with E-state index >= 15 is 0 Å². The molecule has 1 atom stereocenters. The molecule has 0 radical (unpaired) electrons. The molecular formula is C25H26O2. The van der Waals surface area contributed by atoms with Crippen LogP contribution in [0.5, 0.6) is 5.75 Å². The van der Waals surface area contributed by atoms with Crippen molar-refractivity contribution in [1.29, 1.82) is 0 Å². The predicted molar refractivity (Wildman–Crippen MR) is 109 cm³/mol. The van der Waals surface area contributed by atoms with E-state index in [2.05, 4.69) is 43.3 Å². The molecule has 0 aromatic heterocycles. The highest BCUT2D eigenvalue weighted by molar-refractivity contribution is 5.51. The number of ether oxygens (including phenoxy) is 1. The number of aliphatic hydroxyl groups excluding tert-OH is 1. The molecule has 4 aliphatic rings. The Kier molecular flexibility index (Phi) is 5.00. The highest BCUT2D eigenvalue weighted by Gasteiger charge is 2.22. The SMILES string of the molecule is COc1c2ccc(c1[C@@H](O)c1ccc(C)cc1)CCc1ccc(cc1)CC2. The molecule has 7 rings (SSSR count). The summed E-state index contributed by atoms with van der Waals surface area (Å²) in [7, 11) is 1.72. The third kappa shape index (κ3) is 3.63. The molecule has 0 fully saturated rings. The molecule has 0 saturated carbocycles. The minimum atomic E-state index is -0.681. The van der Waals surface area contributed by atoms with Gasteiger partial charge in [0.25, 0.3) is 0 Å². The van der Waals surface area contributed by atoms with Crippen LogP contribution >= 0.6 is 0 Å². The highest BCUT2D eigenvalue weighted by Crippen LogP contribution is 2.37. The normalized spacial score (nSPS) is 14.5. The summed E-state index contributed by atoms with van der Waals surface area (Å²) in [5, 5.41) is 11.3. The minimum Gasteiger partial charge on any atom is -0.496 e. The summed E-state index contributed by atoms with van der Waals surface area (Å²) in [5.41, 5.74) is 8.02. The first-order chi connectivity index (χ1) is 13.2. The van der Waals surface area contributed by atoms with Gasteiger partial charge in [-0.25, -0.2) is 0 Å². The van der Waals surface area contributed by atoms with Gasteiger partial charge in [0.2, 0.25) is 0 Å². The quantitative estimate of drug-likeness (QED) is 0.716. The van der Waals surface area contributed by atoms with E-state index in [-0.39, 0.29) is 0 Å². The Morgan fingerprint density at radius 2 is 1.30 bits per heavy atom. The van der Waals surface area contributed by atoms with Gasteiger partial charge in [0.15, 0.2) is 0 Å². The van der Waals surface area contributed by atoms with Crippen molar-refractivity contribution in [3.05, 3.63) is 99.6 Å². The second-order valence-corrected chi connectivity index (χ2v) is 7.46. The molecule has 3 aromatic rings. The van der Waals surface area contributed by atoms with E-state index in [9.17, 15) is 5.11 Å². The first-order valence-corrected chi connectivity index (χ1v) is 9.67. The second-order valence-electron chi connectivity index (χ2n) is 7.46. The zero-order valence-corrected chi connectivity index (χ0v) is 16.0. The standard InChI is InChI=1S/C25H26O2/c1-17-3-11-21(12-4-17)24(26)23-20-13-9-18-5-7-19(8-6-18)10-14-22(16-15-20)25(23)27-2/h3-8,11-12,15-16,24,26H,9-10,13-14H2,1-2H3/t24-/m0/s1. The Hall–Kier alpha value is -2.58. The van der Waals surface area contributed by atoms with Crippen LogP contribution in [0.3, 0.4) is 0 Å². The summed E-state index contributed by atoms with van der Waals surface area (Å²) in [4.78, 5) is 0. The zero-order valence-electron chi connectivity index (χ0n) is 16.0. The number of hydrogen-bond acceptors (Lipinski definition) is 2. The smallest absolute Gasteiger partial charge is 0.128 e. The van der Waals surface area contributed by atoms with E-state index in [0.717, 1.165) is 53.7 Å². The molecule has 0 unspecified atom stereocenters. The van der Waals surface area contributed by atoms with Crippen LogP contribution in [0.4, 0.5) is 0 Å². The Morgan fingerprint density at radius 3 is 1.89 bits per heavy atom. The average molecular weight is 358 g/mol. The van der Waals surface area contributed by atoms with Gasteiger partial charge in [0.1, 0.15) is 11.9 Å². The number of hydrogen-bond donors (Lipinski definition) is 1. The molecule has 27 heavy (non-hydrogen) atoms. The summed E-state index contributed by atoms with van der Waals surface area (Å²) in [6.07, 6.45) is 3.02. The van der Waals surface area contributed by atoms with E-state index < -0.39 is 6.10 Å². The topological polar surface area (TPSA) is 29.5 Å². The van der Waals surface area contributed by atoms with E-state index in [0.29, 0.717) is 0 Å². The fourth-order valence-corrected chi connectivity index (χ4v) is 3.99. The molecule has 0 aliphatic heterocycles. The van der Waals surface area contributed by atoms with Gasteiger partial charge in [-0.2, -0.15) is 0 Å². The van der Waals surface area contributed by atoms with E-state index in [4.69, 9.17) is 4.74 Å². The Labute approximate surface area is 161 Å². The maximum absolute atomic E-state index is 11.3. The highest BCUT2D eigenvalue weighted by atomic mass is 16.5. The lowest BCUT2D eigenvalue weighted by Crippen LogP contribution is -2.10. The molecule has 0 amide bonds. The lowest BCUT2D eigenvalue weighted by atomic mass is 9.88. The number of methoxy groups -OCH3 is 1. The van der Waals surface area contributed by atoms with Crippen molar-refractivity contribution in [3.63, 3.8) is 0 Å². The first kappa shape index (κ1) is 17.8. The molecule has 4 aliphatic carbocycles. The predicted octanol–water partition coefficient (Wildman–Crippen LogP) is 4.97. The van der Waals surface area contributed by atoms with Crippen molar-refractivity contribution in [1.82, 2.24) is 0 Å². The average Bonchev–Trinajstić information content (AvgIpc) is 2.69. The summed E-state index contributed by atoms with van der Waals surface area (Å²) >= 11 is 0. The van der Waals surface area contributed by atoms with Crippen LogP contribution in [0, 0.1) is 6.92 Å². The minimum absolute atomic E-state index is 0.681. The van der Waals surface area contributed by atoms with Crippen LogP contribution < -0.4 is 4.74 Å².